The zero-order valence-corrected chi connectivity index (χ0v) is 13.2. The van der Waals surface area contributed by atoms with Gasteiger partial charge in [-0.2, -0.15) is 0 Å². The summed E-state index contributed by atoms with van der Waals surface area (Å²) in [5.41, 5.74) is 2.55. The van der Waals surface area contributed by atoms with Gasteiger partial charge in [-0.15, -0.1) is 0 Å². The maximum absolute atomic E-state index is 11.6. The summed E-state index contributed by atoms with van der Waals surface area (Å²) in [6.07, 6.45) is 3.98. The first kappa shape index (κ1) is 15.8. The molecule has 0 saturated carbocycles. The number of aryl methyl sites for hydroxylation is 2. The van der Waals surface area contributed by atoms with E-state index in [2.05, 4.69) is 16.7 Å². The predicted molar refractivity (Wildman–Crippen MR) is 84.3 cm³/mol. The monoisotopic (exact) mass is 291 g/mol. The summed E-state index contributed by atoms with van der Waals surface area (Å²) in [4.78, 5) is 20.5. The first-order chi connectivity index (χ1) is 10.0. The molecule has 0 aromatic carbocycles. The van der Waals surface area contributed by atoms with Gasteiger partial charge in [-0.3, -0.25) is 0 Å². The van der Waals surface area contributed by atoms with Gasteiger partial charge >= 0.3 is 5.97 Å². The lowest BCUT2D eigenvalue weighted by molar-refractivity contribution is 0.0697. The molecule has 0 spiro atoms. The van der Waals surface area contributed by atoms with Crippen molar-refractivity contribution in [2.45, 2.75) is 32.6 Å². The van der Waals surface area contributed by atoms with Gasteiger partial charge in [0.15, 0.2) is 0 Å². The van der Waals surface area contributed by atoms with Crippen LogP contribution in [0.4, 0.5) is 5.82 Å². The van der Waals surface area contributed by atoms with Crippen LogP contribution in [-0.4, -0.2) is 54.7 Å². The molecule has 1 aliphatic rings. The third-order valence-corrected chi connectivity index (χ3v) is 3.87. The minimum atomic E-state index is -0.877. The van der Waals surface area contributed by atoms with Crippen molar-refractivity contribution >= 4 is 11.8 Å². The summed E-state index contributed by atoms with van der Waals surface area (Å²) in [6.45, 7) is 4.63. The van der Waals surface area contributed by atoms with Crippen LogP contribution in [0.3, 0.4) is 0 Å². The molecule has 1 aromatic heterocycles. The smallest absolute Gasteiger partial charge is 0.339 e. The van der Waals surface area contributed by atoms with E-state index < -0.39 is 5.97 Å². The molecule has 2 rings (SSSR count). The van der Waals surface area contributed by atoms with Crippen LogP contribution in [0.2, 0.25) is 0 Å². The molecule has 1 aliphatic carbocycles. The molecular formula is C16H25N3O2. The van der Waals surface area contributed by atoms with Crippen molar-refractivity contribution in [3.8, 4) is 0 Å². The van der Waals surface area contributed by atoms with E-state index >= 15 is 0 Å². The third kappa shape index (κ3) is 3.73. The maximum Gasteiger partial charge on any atom is 0.339 e. The number of aromatic nitrogens is 1. The average Bonchev–Trinajstić information content (AvgIpc) is 2.89. The first-order valence-electron chi connectivity index (χ1n) is 7.68. The Labute approximate surface area is 126 Å². The summed E-state index contributed by atoms with van der Waals surface area (Å²) in [5, 5.41) is 9.51. The Kier molecular flexibility index (Phi) is 5.17. The lowest BCUT2D eigenvalue weighted by atomic mass is 10.1. The van der Waals surface area contributed by atoms with Crippen molar-refractivity contribution in [2.24, 2.45) is 0 Å². The molecule has 0 fully saturated rings. The number of likely N-dealkylation sites (N-methyl/N-ethyl adjacent to an activating group) is 1. The molecule has 0 unspecified atom stereocenters. The summed E-state index contributed by atoms with van der Waals surface area (Å²) >= 11 is 0. The molecule has 0 amide bonds. The fourth-order valence-electron chi connectivity index (χ4n) is 2.77. The predicted octanol–water partition coefficient (Wildman–Crippen LogP) is 2.05. The average molecular weight is 291 g/mol. The quantitative estimate of drug-likeness (QED) is 0.833. The molecule has 1 heterocycles. The number of carbonyl (C=O) groups is 1. The minimum Gasteiger partial charge on any atom is -0.478 e. The van der Waals surface area contributed by atoms with Crippen LogP contribution >= 0.6 is 0 Å². The summed E-state index contributed by atoms with van der Waals surface area (Å²) in [6, 6.07) is 1.84. The highest BCUT2D eigenvalue weighted by Crippen LogP contribution is 2.27. The highest BCUT2D eigenvalue weighted by Gasteiger charge is 2.23. The van der Waals surface area contributed by atoms with Crippen LogP contribution in [0, 0.1) is 0 Å². The van der Waals surface area contributed by atoms with Crippen molar-refractivity contribution in [1.29, 1.82) is 0 Å². The van der Waals surface area contributed by atoms with Crippen molar-refractivity contribution in [1.82, 2.24) is 9.88 Å². The van der Waals surface area contributed by atoms with Gasteiger partial charge in [0.25, 0.3) is 0 Å². The summed E-state index contributed by atoms with van der Waals surface area (Å²) < 4.78 is 0. The highest BCUT2D eigenvalue weighted by atomic mass is 16.4. The van der Waals surface area contributed by atoms with Gasteiger partial charge in [-0.05, 0) is 51.4 Å². The number of pyridine rings is 1. The van der Waals surface area contributed by atoms with E-state index in [-0.39, 0.29) is 0 Å². The van der Waals surface area contributed by atoms with Gasteiger partial charge in [0.05, 0.1) is 0 Å². The van der Waals surface area contributed by atoms with Gasteiger partial charge in [0.2, 0.25) is 0 Å². The molecule has 0 saturated heterocycles. The number of nitrogens with zero attached hydrogens (tertiary/aromatic N) is 3. The number of aromatic carboxylic acids is 1. The molecule has 0 radical (unpaired) electrons. The molecule has 21 heavy (non-hydrogen) atoms. The number of anilines is 1. The Balaban J connectivity index is 2.35. The number of hydrogen-bond acceptors (Lipinski definition) is 4. The summed E-state index contributed by atoms with van der Waals surface area (Å²) in [7, 11) is 4.05. The molecule has 5 nitrogen and oxygen atoms in total. The van der Waals surface area contributed by atoms with Gasteiger partial charge in [-0.25, -0.2) is 9.78 Å². The Morgan fingerprint density at radius 2 is 2.05 bits per heavy atom. The number of fused-ring (bicyclic) bond motifs is 1. The van der Waals surface area contributed by atoms with Crippen molar-refractivity contribution < 1.29 is 9.90 Å². The second kappa shape index (κ2) is 6.89. The molecule has 0 aliphatic heterocycles. The fraction of sp³-hybridized carbons (Fsp3) is 0.625. The molecule has 5 heteroatoms. The molecule has 1 aromatic rings. The van der Waals surface area contributed by atoms with E-state index in [0.717, 1.165) is 56.6 Å². The zero-order valence-electron chi connectivity index (χ0n) is 13.2. The van der Waals surface area contributed by atoms with E-state index in [0.29, 0.717) is 11.4 Å². The van der Waals surface area contributed by atoms with Crippen LogP contribution in [-0.2, 0) is 12.8 Å². The number of carboxylic acid groups (broad SMARTS) is 1. The fourth-order valence-corrected chi connectivity index (χ4v) is 2.77. The van der Waals surface area contributed by atoms with Gasteiger partial charge in [-0.1, -0.05) is 6.92 Å². The van der Waals surface area contributed by atoms with Gasteiger partial charge in [0.1, 0.15) is 11.4 Å². The summed E-state index contributed by atoms with van der Waals surface area (Å²) in [5.74, 6) is -0.231. The van der Waals surface area contributed by atoms with Crippen molar-refractivity contribution in [3.63, 3.8) is 0 Å². The number of carboxylic acids is 1. The van der Waals surface area contributed by atoms with E-state index in [9.17, 15) is 9.90 Å². The largest absolute Gasteiger partial charge is 0.478 e. The van der Waals surface area contributed by atoms with Crippen molar-refractivity contribution in [3.05, 3.63) is 22.9 Å². The van der Waals surface area contributed by atoms with E-state index in [1.807, 2.05) is 20.2 Å². The zero-order chi connectivity index (χ0) is 15.4. The first-order valence-corrected chi connectivity index (χ1v) is 7.68. The second-order valence-electron chi connectivity index (χ2n) is 5.91. The second-order valence-corrected chi connectivity index (χ2v) is 5.91. The van der Waals surface area contributed by atoms with Gasteiger partial charge < -0.3 is 14.9 Å². The number of rotatable bonds is 7. The lowest BCUT2D eigenvalue weighted by Crippen LogP contribution is -2.34. The number of hydrogen-bond donors (Lipinski definition) is 1. The normalized spacial score (nSPS) is 13.5. The Morgan fingerprint density at radius 3 is 2.67 bits per heavy atom. The van der Waals surface area contributed by atoms with E-state index in [4.69, 9.17) is 4.98 Å². The van der Waals surface area contributed by atoms with Crippen molar-refractivity contribution in [2.75, 3.05) is 38.6 Å². The topological polar surface area (TPSA) is 56.7 Å². The maximum atomic E-state index is 11.6. The van der Waals surface area contributed by atoms with Crippen LogP contribution in [0.5, 0.6) is 0 Å². The SMILES string of the molecule is CCCN(CCN(C)C)c1nc2c(cc1C(=O)O)CCC2. The van der Waals surface area contributed by atoms with E-state index in [1.165, 1.54) is 0 Å². The van der Waals surface area contributed by atoms with E-state index in [1.54, 1.807) is 0 Å². The molecule has 0 atom stereocenters. The standard InChI is InChI=1S/C16H25N3O2/c1-4-8-19(10-9-18(2)3)15-13(16(20)21)11-12-6-5-7-14(12)17-15/h11H,4-10H2,1-3H3,(H,20,21). The minimum absolute atomic E-state index is 0.350. The van der Waals surface area contributed by atoms with Crippen LogP contribution in [0.15, 0.2) is 6.07 Å². The molecular weight excluding hydrogens is 266 g/mol. The Bertz CT molecular complexity index is 514. The lowest BCUT2D eigenvalue weighted by Gasteiger charge is -2.26. The Morgan fingerprint density at radius 1 is 1.29 bits per heavy atom. The van der Waals surface area contributed by atoms with Crippen LogP contribution < -0.4 is 4.90 Å². The van der Waals surface area contributed by atoms with Crippen LogP contribution in [0.25, 0.3) is 0 Å². The third-order valence-electron chi connectivity index (χ3n) is 3.87. The molecule has 0 bridgehead atoms. The molecule has 1 N–H and O–H groups in total. The Hall–Kier alpha value is -1.62. The molecule has 116 valence electrons. The highest BCUT2D eigenvalue weighted by molar-refractivity contribution is 5.93. The van der Waals surface area contributed by atoms with Crippen LogP contribution in [0.1, 0.15) is 41.4 Å². The van der Waals surface area contributed by atoms with Gasteiger partial charge in [0, 0.05) is 25.3 Å².